The number of nitrogens with two attached hydrogens (primary N) is 1. The van der Waals surface area contributed by atoms with Gasteiger partial charge in [-0.3, -0.25) is 4.79 Å². The van der Waals surface area contributed by atoms with E-state index in [9.17, 15) is 14.7 Å². The molecule has 126 valence electrons. The van der Waals surface area contributed by atoms with Crippen molar-refractivity contribution in [2.45, 2.75) is 26.2 Å². The fourth-order valence-electron chi connectivity index (χ4n) is 2.17. The van der Waals surface area contributed by atoms with E-state index in [0.717, 1.165) is 12.0 Å². The number of aromatic nitrogens is 2. The predicted molar refractivity (Wildman–Crippen MR) is 90.1 cm³/mol. The number of carboxylic acid groups (broad SMARTS) is 1. The third-order valence-electron chi connectivity index (χ3n) is 3.49. The van der Waals surface area contributed by atoms with Gasteiger partial charge in [0.15, 0.2) is 0 Å². The van der Waals surface area contributed by atoms with Crippen LogP contribution in [0, 0.1) is 0 Å². The Morgan fingerprint density at radius 2 is 1.92 bits per heavy atom. The van der Waals surface area contributed by atoms with Crippen molar-refractivity contribution in [1.82, 2.24) is 9.97 Å². The van der Waals surface area contributed by atoms with E-state index in [0.29, 0.717) is 36.6 Å². The molecule has 2 aromatic rings. The van der Waals surface area contributed by atoms with Gasteiger partial charge in [0.2, 0.25) is 5.91 Å². The Morgan fingerprint density at radius 3 is 2.50 bits per heavy atom. The van der Waals surface area contributed by atoms with Gasteiger partial charge in [0.05, 0.1) is 0 Å². The summed E-state index contributed by atoms with van der Waals surface area (Å²) in [6, 6.07) is 7.03. The normalized spacial score (nSPS) is 10.4. The highest BCUT2D eigenvalue weighted by Gasteiger charge is 2.13. The molecule has 0 saturated heterocycles. The van der Waals surface area contributed by atoms with Crippen molar-refractivity contribution in [3.05, 3.63) is 53.0 Å². The van der Waals surface area contributed by atoms with Gasteiger partial charge in [-0.2, -0.15) is 0 Å². The lowest BCUT2D eigenvalue weighted by Crippen LogP contribution is -2.12. The quantitative estimate of drug-likeness (QED) is 0.681. The highest BCUT2D eigenvalue weighted by atomic mass is 16.4. The molecule has 0 unspecified atom stereocenters. The lowest BCUT2D eigenvalue weighted by atomic mass is 10.1. The number of carbonyl (C=O) groups excluding carboxylic acids is 1. The van der Waals surface area contributed by atoms with Crippen molar-refractivity contribution >= 4 is 17.7 Å². The van der Waals surface area contributed by atoms with Crippen LogP contribution < -0.4 is 11.1 Å². The van der Waals surface area contributed by atoms with Gasteiger partial charge >= 0.3 is 5.97 Å². The standard InChI is InChI=1S/C17H20N4O3/c1-2-9-19-16-13(17(23)24)10-20-14(21-16)8-5-11-3-6-12(7-4-11)15(18)22/h3-4,6-7,10H,2,5,8-9H2,1H3,(H2,18,22)(H,23,24)(H,19,20,21). The van der Waals surface area contributed by atoms with Crippen LogP contribution in [-0.4, -0.2) is 33.5 Å². The van der Waals surface area contributed by atoms with Gasteiger partial charge in [-0.1, -0.05) is 19.1 Å². The molecule has 4 N–H and O–H groups in total. The Kier molecular flexibility index (Phi) is 5.83. The topological polar surface area (TPSA) is 118 Å². The van der Waals surface area contributed by atoms with Crippen molar-refractivity contribution in [3.63, 3.8) is 0 Å². The second kappa shape index (κ2) is 8.05. The van der Waals surface area contributed by atoms with Crippen LogP contribution >= 0.6 is 0 Å². The van der Waals surface area contributed by atoms with E-state index in [1.165, 1.54) is 6.20 Å². The number of amides is 1. The zero-order valence-electron chi connectivity index (χ0n) is 13.5. The summed E-state index contributed by atoms with van der Waals surface area (Å²) in [6.45, 7) is 2.64. The van der Waals surface area contributed by atoms with E-state index >= 15 is 0 Å². The number of aryl methyl sites for hydroxylation is 2. The third-order valence-corrected chi connectivity index (χ3v) is 3.49. The second-order valence-electron chi connectivity index (χ2n) is 5.34. The molecular formula is C17H20N4O3. The number of rotatable bonds is 8. The molecule has 7 nitrogen and oxygen atoms in total. The number of primary amides is 1. The molecule has 0 aliphatic carbocycles. The summed E-state index contributed by atoms with van der Waals surface area (Å²) in [5.74, 6) is -0.598. The second-order valence-corrected chi connectivity index (χ2v) is 5.34. The maximum absolute atomic E-state index is 11.2. The zero-order chi connectivity index (χ0) is 17.5. The van der Waals surface area contributed by atoms with Crippen LogP contribution in [-0.2, 0) is 12.8 Å². The van der Waals surface area contributed by atoms with E-state index in [1.807, 2.05) is 19.1 Å². The molecule has 1 aromatic heterocycles. The van der Waals surface area contributed by atoms with E-state index < -0.39 is 11.9 Å². The van der Waals surface area contributed by atoms with Gasteiger partial charge in [-0.25, -0.2) is 14.8 Å². The van der Waals surface area contributed by atoms with Gasteiger partial charge in [-0.05, 0) is 30.5 Å². The average Bonchev–Trinajstić information content (AvgIpc) is 2.58. The Morgan fingerprint density at radius 1 is 1.21 bits per heavy atom. The molecule has 24 heavy (non-hydrogen) atoms. The molecule has 0 aliphatic rings. The van der Waals surface area contributed by atoms with E-state index in [-0.39, 0.29) is 5.56 Å². The number of hydrogen-bond donors (Lipinski definition) is 3. The summed E-state index contributed by atoms with van der Waals surface area (Å²) in [4.78, 5) is 30.7. The van der Waals surface area contributed by atoms with Crippen LogP contribution in [0.3, 0.4) is 0 Å². The van der Waals surface area contributed by atoms with Crippen LogP contribution in [0.15, 0.2) is 30.5 Å². The molecule has 1 heterocycles. The maximum atomic E-state index is 11.2. The Bertz CT molecular complexity index is 729. The number of benzene rings is 1. The van der Waals surface area contributed by atoms with Crippen molar-refractivity contribution in [2.24, 2.45) is 5.73 Å². The van der Waals surface area contributed by atoms with Crippen LogP contribution in [0.5, 0.6) is 0 Å². The minimum absolute atomic E-state index is 0.0676. The highest BCUT2D eigenvalue weighted by molar-refractivity contribution is 5.93. The molecule has 7 heteroatoms. The smallest absolute Gasteiger partial charge is 0.341 e. The first kappa shape index (κ1) is 17.4. The molecule has 0 atom stereocenters. The van der Waals surface area contributed by atoms with Crippen LogP contribution in [0.25, 0.3) is 0 Å². The molecule has 1 amide bonds. The average molecular weight is 328 g/mol. The number of carbonyl (C=O) groups is 2. The summed E-state index contributed by atoms with van der Waals surface area (Å²) in [7, 11) is 0. The summed E-state index contributed by atoms with van der Waals surface area (Å²) < 4.78 is 0. The summed E-state index contributed by atoms with van der Waals surface area (Å²) in [5, 5.41) is 12.2. The van der Waals surface area contributed by atoms with Crippen LogP contribution in [0.2, 0.25) is 0 Å². The van der Waals surface area contributed by atoms with Crippen molar-refractivity contribution in [2.75, 3.05) is 11.9 Å². The molecule has 0 saturated carbocycles. The number of hydrogen-bond acceptors (Lipinski definition) is 5. The van der Waals surface area contributed by atoms with E-state index in [1.54, 1.807) is 12.1 Å². The fourth-order valence-corrected chi connectivity index (χ4v) is 2.17. The van der Waals surface area contributed by atoms with Crippen molar-refractivity contribution in [3.8, 4) is 0 Å². The molecular weight excluding hydrogens is 308 g/mol. The lowest BCUT2D eigenvalue weighted by Gasteiger charge is -2.09. The van der Waals surface area contributed by atoms with Crippen molar-refractivity contribution < 1.29 is 14.7 Å². The van der Waals surface area contributed by atoms with Crippen LogP contribution in [0.1, 0.15) is 45.4 Å². The molecule has 0 aliphatic heterocycles. The molecule has 0 spiro atoms. The van der Waals surface area contributed by atoms with E-state index in [4.69, 9.17) is 5.73 Å². The third kappa shape index (κ3) is 4.52. The Hall–Kier alpha value is -2.96. The van der Waals surface area contributed by atoms with Gasteiger partial charge < -0.3 is 16.2 Å². The number of aromatic carboxylic acids is 1. The number of nitrogens with one attached hydrogen (secondary N) is 1. The lowest BCUT2D eigenvalue weighted by molar-refractivity contribution is 0.0696. The largest absolute Gasteiger partial charge is 0.477 e. The minimum atomic E-state index is -1.05. The first-order chi connectivity index (χ1) is 11.5. The number of anilines is 1. The van der Waals surface area contributed by atoms with Crippen molar-refractivity contribution in [1.29, 1.82) is 0 Å². The SMILES string of the molecule is CCCNc1nc(CCc2ccc(C(N)=O)cc2)ncc1C(=O)O. The van der Waals surface area contributed by atoms with Gasteiger partial charge in [0.25, 0.3) is 0 Å². The van der Waals surface area contributed by atoms with E-state index in [2.05, 4.69) is 15.3 Å². The molecule has 2 rings (SSSR count). The highest BCUT2D eigenvalue weighted by Crippen LogP contribution is 2.13. The molecule has 0 bridgehead atoms. The molecule has 1 aromatic carbocycles. The fraction of sp³-hybridized carbons (Fsp3) is 0.294. The predicted octanol–water partition coefficient (Wildman–Crippen LogP) is 1.88. The molecule has 0 fully saturated rings. The first-order valence-corrected chi connectivity index (χ1v) is 7.73. The van der Waals surface area contributed by atoms with Gasteiger partial charge in [0.1, 0.15) is 17.2 Å². The molecule has 0 radical (unpaired) electrons. The van der Waals surface area contributed by atoms with Gasteiger partial charge in [-0.15, -0.1) is 0 Å². The summed E-state index contributed by atoms with van der Waals surface area (Å²) in [6.07, 6.45) is 3.44. The monoisotopic (exact) mass is 328 g/mol. The number of nitrogens with zero attached hydrogens (tertiary/aromatic N) is 2. The maximum Gasteiger partial charge on any atom is 0.341 e. The zero-order valence-corrected chi connectivity index (χ0v) is 13.5. The number of carboxylic acids is 1. The van der Waals surface area contributed by atoms with Gasteiger partial charge in [0, 0.05) is 24.7 Å². The summed E-state index contributed by atoms with van der Waals surface area (Å²) in [5.41, 5.74) is 6.76. The Balaban J connectivity index is 2.08. The Labute approximate surface area is 139 Å². The van der Waals surface area contributed by atoms with Crippen LogP contribution in [0.4, 0.5) is 5.82 Å². The first-order valence-electron chi connectivity index (χ1n) is 7.73. The summed E-state index contributed by atoms with van der Waals surface area (Å²) >= 11 is 0. The minimum Gasteiger partial charge on any atom is -0.477 e.